The van der Waals surface area contributed by atoms with Crippen molar-refractivity contribution >= 4 is 5.91 Å². The maximum atomic E-state index is 12.4. The SMILES string of the molecule is CC[C@H](C)Oc1cccc(-c2nnc(CCC(=O)NCCc3ccccc3)c(=O)[nH]2)c1. The summed E-state index contributed by atoms with van der Waals surface area (Å²) in [6.07, 6.45) is 2.18. The van der Waals surface area contributed by atoms with Crippen LogP contribution in [0.3, 0.4) is 0 Å². The number of H-pyrrole nitrogens is 1. The summed E-state index contributed by atoms with van der Waals surface area (Å²) in [6.45, 7) is 4.61. The molecule has 162 valence electrons. The van der Waals surface area contributed by atoms with Gasteiger partial charge in [0.1, 0.15) is 11.4 Å². The summed E-state index contributed by atoms with van der Waals surface area (Å²) in [6, 6.07) is 17.3. The van der Waals surface area contributed by atoms with Gasteiger partial charge in [-0.3, -0.25) is 9.59 Å². The summed E-state index contributed by atoms with van der Waals surface area (Å²) in [5, 5.41) is 11.1. The predicted molar refractivity (Wildman–Crippen MR) is 120 cm³/mol. The molecule has 3 rings (SSSR count). The molecule has 1 heterocycles. The number of benzene rings is 2. The molecule has 3 aromatic rings. The molecule has 7 heteroatoms. The first-order valence-corrected chi connectivity index (χ1v) is 10.6. The second-order valence-corrected chi connectivity index (χ2v) is 7.40. The maximum absolute atomic E-state index is 12.4. The number of carbonyl (C=O) groups excluding carboxylic acids is 1. The fourth-order valence-corrected chi connectivity index (χ4v) is 3.00. The lowest BCUT2D eigenvalue weighted by Crippen LogP contribution is -2.27. The van der Waals surface area contributed by atoms with E-state index in [1.165, 1.54) is 5.56 Å². The molecular formula is C24H28N4O3. The molecule has 0 saturated heterocycles. The van der Waals surface area contributed by atoms with Crippen molar-refractivity contribution < 1.29 is 9.53 Å². The average Bonchev–Trinajstić information content (AvgIpc) is 2.79. The molecule has 0 aliphatic rings. The lowest BCUT2D eigenvalue weighted by atomic mass is 10.1. The van der Waals surface area contributed by atoms with Crippen LogP contribution in [-0.2, 0) is 17.6 Å². The van der Waals surface area contributed by atoms with Crippen molar-refractivity contribution in [2.45, 2.75) is 45.6 Å². The molecule has 1 aromatic heterocycles. The quantitative estimate of drug-likeness (QED) is 0.525. The zero-order valence-corrected chi connectivity index (χ0v) is 17.9. The number of nitrogens with one attached hydrogen (secondary N) is 2. The minimum atomic E-state index is -0.338. The van der Waals surface area contributed by atoms with Gasteiger partial charge >= 0.3 is 0 Å². The molecule has 7 nitrogen and oxygen atoms in total. The topological polar surface area (TPSA) is 97.0 Å². The van der Waals surface area contributed by atoms with Gasteiger partial charge in [-0.05, 0) is 37.5 Å². The van der Waals surface area contributed by atoms with E-state index >= 15 is 0 Å². The first-order valence-electron chi connectivity index (χ1n) is 10.6. The predicted octanol–water partition coefficient (Wildman–Crippen LogP) is 3.30. The number of hydrogen-bond acceptors (Lipinski definition) is 5. The van der Waals surface area contributed by atoms with Crippen molar-refractivity contribution in [3.05, 3.63) is 76.2 Å². The van der Waals surface area contributed by atoms with Gasteiger partial charge in [-0.15, -0.1) is 10.2 Å². The molecule has 0 fully saturated rings. The second-order valence-electron chi connectivity index (χ2n) is 7.40. The number of nitrogens with zero attached hydrogens (tertiary/aromatic N) is 2. The smallest absolute Gasteiger partial charge is 0.273 e. The van der Waals surface area contributed by atoms with E-state index in [0.29, 0.717) is 18.1 Å². The van der Waals surface area contributed by atoms with Crippen LogP contribution in [0.2, 0.25) is 0 Å². The van der Waals surface area contributed by atoms with Gasteiger partial charge in [-0.25, -0.2) is 0 Å². The van der Waals surface area contributed by atoms with Crippen molar-refractivity contribution in [3.63, 3.8) is 0 Å². The Morgan fingerprint density at radius 3 is 2.65 bits per heavy atom. The van der Waals surface area contributed by atoms with Crippen LogP contribution in [0, 0.1) is 0 Å². The summed E-state index contributed by atoms with van der Waals surface area (Å²) in [7, 11) is 0. The standard InChI is InChI=1S/C24H28N4O3/c1-3-17(2)31-20-11-7-10-19(16-20)23-26-24(30)21(27-28-23)12-13-22(29)25-15-14-18-8-5-4-6-9-18/h4-11,16-17H,3,12-15H2,1-2H3,(H,25,29)(H,26,28,30)/t17-/m0/s1. The van der Waals surface area contributed by atoms with Crippen molar-refractivity contribution in [3.8, 4) is 17.1 Å². The monoisotopic (exact) mass is 420 g/mol. The third-order valence-electron chi connectivity index (χ3n) is 4.95. The number of hydrogen-bond donors (Lipinski definition) is 2. The van der Waals surface area contributed by atoms with Crippen LogP contribution in [0.4, 0.5) is 0 Å². The number of ether oxygens (including phenoxy) is 1. The molecule has 31 heavy (non-hydrogen) atoms. The van der Waals surface area contributed by atoms with E-state index in [1.54, 1.807) is 0 Å². The molecule has 0 aliphatic carbocycles. The number of aromatic nitrogens is 3. The van der Waals surface area contributed by atoms with Crippen molar-refractivity contribution in [1.29, 1.82) is 0 Å². The highest BCUT2D eigenvalue weighted by molar-refractivity contribution is 5.76. The third kappa shape index (κ3) is 6.77. The lowest BCUT2D eigenvalue weighted by molar-refractivity contribution is -0.121. The van der Waals surface area contributed by atoms with Crippen LogP contribution < -0.4 is 15.6 Å². The number of aromatic amines is 1. The van der Waals surface area contributed by atoms with Crippen molar-refractivity contribution in [2.75, 3.05) is 6.54 Å². The molecule has 2 aromatic carbocycles. The largest absolute Gasteiger partial charge is 0.491 e. The Kier molecular flexibility index (Phi) is 7.92. The summed E-state index contributed by atoms with van der Waals surface area (Å²) in [5.41, 5.74) is 1.79. The first kappa shape index (κ1) is 22.2. The number of carbonyl (C=O) groups is 1. The van der Waals surface area contributed by atoms with Gasteiger partial charge in [0.2, 0.25) is 5.91 Å². The molecule has 0 saturated carbocycles. The molecule has 0 aliphatic heterocycles. The third-order valence-corrected chi connectivity index (χ3v) is 4.95. The molecule has 0 spiro atoms. The summed E-state index contributed by atoms with van der Waals surface area (Å²) in [4.78, 5) is 27.2. The normalized spacial score (nSPS) is 11.7. The van der Waals surface area contributed by atoms with Crippen molar-refractivity contribution in [2.24, 2.45) is 0 Å². The van der Waals surface area contributed by atoms with Gasteiger partial charge in [0.05, 0.1) is 6.10 Å². The van der Waals surface area contributed by atoms with Gasteiger partial charge in [0.15, 0.2) is 5.82 Å². The Morgan fingerprint density at radius 2 is 1.90 bits per heavy atom. The molecule has 0 unspecified atom stereocenters. The summed E-state index contributed by atoms with van der Waals surface area (Å²) >= 11 is 0. The average molecular weight is 421 g/mol. The Balaban J connectivity index is 1.54. The maximum Gasteiger partial charge on any atom is 0.273 e. The van der Waals surface area contributed by atoms with Crippen LogP contribution in [0.25, 0.3) is 11.4 Å². The van der Waals surface area contributed by atoms with Gasteiger partial charge in [0, 0.05) is 24.9 Å². The fraction of sp³-hybridized carbons (Fsp3) is 0.333. The second kappa shape index (κ2) is 11.1. The molecule has 1 amide bonds. The Labute approximate surface area is 181 Å². The van der Waals surface area contributed by atoms with E-state index in [2.05, 4.69) is 27.4 Å². The molecule has 1 atom stereocenters. The highest BCUT2D eigenvalue weighted by atomic mass is 16.5. The minimum absolute atomic E-state index is 0.0987. The van der Waals surface area contributed by atoms with E-state index in [0.717, 1.165) is 18.4 Å². The zero-order valence-electron chi connectivity index (χ0n) is 17.9. The van der Waals surface area contributed by atoms with E-state index in [-0.39, 0.29) is 36.1 Å². The Morgan fingerprint density at radius 1 is 1.10 bits per heavy atom. The van der Waals surface area contributed by atoms with E-state index in [4.69, 9.17) is 4.74 Å². The van der Waals surface area contributed by atoms with Crippen LogP contribution >= 0.6 is 0 Å². The Bertz CT molecular complexity index is 1050. The van der Waals surface area contributed by atoms with Crippen LogP contribution in [0.15, 0.2) is 59.4 Å². The van der Waals surface area contributed by atoms with Gasteiger partial charge in [-0.1, -0.05) is 49.4 Å². The lowest BCUT2D eigenvalue weighted by Gasteiger charge is -2.13. The summed E-state index contributed by atoms with van der Waals surface area (Å²) in [5.74, 6) is 0.970. The zero-order chi connectivity index (χ0) is 22.1. The molecule has 0 bridgehead atoms. The highest BCUT2D eigenvalue weighted by Crippen LogP contribution is 2.21. The van der Waals surface area contributed by atoms with Gasteiger partial charge in [-0.2, -0.15) is 0 Å². The fourth-order valence-electron chi connectivity index (χ4n) is 3.00. The van der Waals surface area contributed by atoms with Crippen LogP contribution in [-0.4, -0.2) is 33.7 Å². The summed E-state index contributed by atoms with van der Waals surface area (Å²) < 4.78 is 5.82. The number of amides is 1. The van der Waals surface area contributed by atoms with Gasteiger partial charge in [0.25, 0.3) is 5.56 Å². The van der Waals surface area contributed by atoms with E-state index < -0.39 is 0 Å². The van der Waals surface area contributed by atoms with E-state index in [1.807, 2.05) is 61.5 Å². The van der Waals surface area contributed by atoms with Crippen molar-refractivity contribution in [1.82, 2.24) is 20.5 Å². The number of aryl methyl sites for hydroxylation is 1. The van der Waals surface area contributed by atoms with Crippen LogP contribution in [0.1, 0.15) is 37.9 Å². The van der Waals surface area contributed by atoms with Crippen LogP contribution in [0.5, 0.6) is 5.75 Å². The first-order chi connectivity index (χ1) is 15.0. The van der Waals surface area contributed by atoms with Gasteiger partial charge < -0.3 is 15.0 Å². The molecular weight excluding hydrogens is 392 g/mol. The highest BCUT2D eigenvalue weighted by Gasteiger charge is 2.10. The minimum Gasteiger partial charge on any atom is -0.491 e. The number of rotatable bonds is 10. The Hall–Kier alpha value is -3.48. The van der Waals surface area contributed by atoms with E-state index in [9.17, 15) is 9.59 Å². The molecule has 0 radical (unpaired) electrons. The molecule has 2 N–H and O–H groups in total.